The van der Waals surface area contributed by atoms with Gasteiger partial charge in [-0.05, 0) is 30.5 Å². The third-order valence-electron chi connectivity index (χ3n) is 6.08. The fourth-order valence-electron chi connectivity index (χ4n) is 4.04. The number of para-hydroxylation sites is 1. The molecule has 1 N–H and O–H groups in total. The van der Waals surface area contributed by atoms with Crippen LogP contribution in [0.2, 0.25) is 0 Å². The molecule has 0 radical (unpaired) electrons. The molecule has 5 nitrogen and oxygen atoms in total. The van der Waals surface area contributed by atoms with Gasteiger partial charge >= 0.3 is 0 Å². The van der Waals surface area contributed by atoms with Crippen molar-refractivity contribution in [3.63, 3.8) is 0 Å². The average molecular weight is 408 g/mol. The minimum Gasteiger partial charge on any atom is -0.488 e. The van der Waals surface area contributed by atoms with Crippen LogP contribution >= 0.6 is 0 Å². The Hall–Kier alpha value is -2.63. The van der Waals surface area contributed by atoms with Gasteiger partial charge in [-0.25, -0.2) is 4.98 Å². The number of benzene rings is 2. The van der Waals surface area contributed by atoms with E-state index in [1.54, 1.807) is 6.20 Å². The van der Waals surface area contributed by atoms with Gasteiger partial charge in [-0.3, -0.25) is 0 Å². The number of ether oxygens (including phenoxy) is 1. The van der Waals surface area contributed by atoms with Gasteiger partial charge in [-0.15, -0.1) is 0 Å². The Morgan fingerprint density at radius 1 is 1.07 bits per heavy atom. The summed E-state index contributed by atoms with van der Waals surface area (Å²) >= 11 is 0. The lowest BCUT2D eigenvalue weighted by Crippen LogP contribution is -2.42. The number of aliphatic hydroxyl groups is 1. The number of aromatic nitrogens is 1. The maximum Gasteiger partial charge on any atom is 0.231 e. The number of likely N-dealkylation sites (N-methyl/N-ethyl adjacent to an activating group) is 1. The fraction of sp³-hybridized carbons (Fsp3) is 0.400. The second-order valence-electron chi connectivity index (χ2n) is 8.87. The maximum absolute atomic E-state index is 11.7. The van der Waals surface area contributed by atoms with Crippen LogP contribution in [0.1, 0.15) is 36.5 Å². The standard InChI is InChI=1S/C25H31N2O3/c1-27(2,16-17-29-22-14-7-4-8-15-22)19-23-18-26-24(30-23)25(28,21-12-9-13-21)20-10-5-3-6-11-20/h3-8,10-11,14-15,18,21,28H,9,12-13,16-17,19H2,1-2H3/q+1. The molecular formula is C25H31N2O3+. The number of quaternary nitrogens is 1. The highest BCUT2D eigenvalue weighted by Crippen LogP contribution is 2.46. The van der Waals surface area contributed by atoms with Crippen molar-refractivity contribution in [3.05, 3.63) is 84.1 Å². The number of nitrogens with zero attached hydrogens (tertiary/aromatic N) is 2. The molecule has 1 saturated carbocycles. The largest absolute Gasteiger partial charge is 0.488 e. The molecule has 5 heteroatoms. The molecule has 3 aromatic rings. The van der Waals surface area contributed by atoms with E-state index in [1.807, 2.05) is 60.7 Å². The third kappa shape index (κ3) is 4.42. The Balaban J connectivity index is 1.44. The van der Waals surface area contributed by atoms with Crippen LogP contribution in [0.4, 0.5) is 0 Å². The summed E-state index contributed by atoms with van der Waals surface area (Å²) < 4.78 is 12.7. The summed E-state index contributed by atoms with van der Waals surface area (Å²) in [5, 5.41) is 11.7. The van der Waals surface area contributed by atoms with Gasteiger partial charge in [-0.1, -0.05) is 55.0 Å². The second kappa shape index (κ2) is 8.62. The fourth-order valence-corrected chi connectivity index (χ4v) is 4.04. The van der Waals surface area contributed by atoms with Crippen LogP contribution in [0, 0.1) is 5.92 Å². The number of rotatable bonds is 9. The van der Waals surface area contributed by atoms with Crippen molar-refractivity contribution >= 4 is 0 Å². The van der Waals surface area contributed by atoms with E-state index in [0.29, 0.717) is 23.5 Å². The molecule has 0 aliphatic heterocycles. The Kier molecular flexibility index (Phi) is 5.93. The zero-order valence-electron chi connectivity index (χ0n) is 17.8. The molecule has 1 unspecified atom stereocenters. The molecular weight excluding hydrogens is 376 g/mol. The van der Waals surface area contributed by atoms with Gasteiger partial charge in [0.15, 0.2) is 11.4 Å². The van der Waals surface area contributed by atoms with Gasteiger partial charge in [0.25, 0.3) is 0 Å². The lowest BCUT2D eigenvalue weighted by molar-refractivity contribution is -0.904. The first-order valence-electron chi connectivity index (χ1n) is 10.7. The van der Waals surface area contributed by atoms with Gasteiger partial charge < -0.3 is 18.7 Å². The SMILES string of the molecule is C[N+](C)(CCOc1ccccc1)Cc1cnc(C(O)(c2ccccc2)C2CCC2)o1. The summed E-state index contributed by atoms with van der Waals surface area (Å²) in [6, 6.07) is 19.7. The smallest absolute Gasteiger partial charge is 0.231 e. The topological polar surface area (TPSA) is 55.5 Å². The van der Waals surface area contributed by atoms with E-state index in [1.165, 1.54) is 0 Å². The summed E-state index contributed by atoms with van der Waals surface area (Å²) in [5.41, 5.74) is -0.307. The first-order valence-corrected chi connectivity index (χ1v) is 10.7. The molecule has 1 aliphatic rings. The van der Waals surface area contributed by atoms with Crippen LogP contribution in [0.25, 0.3) is 0 Å². The molecule has 4 rings (SSSR count). The summed E-state index contributed by atoms with van der Waals surface area (Å²) in [7, 11) is 4.29. The van der Waals surface area contributed by atoms with Crippen molar-refractivity contribution in [2.24, 2.45) is 5.92 Å². The molecule has 1 aromatic heterocycles. The first kappa shape index (κ1) is 20.6. The molecule has 1 aliphatic carbocycles. The van der Waals surface area contributed by atoms with Gasteiger partial charge in [0.2, 0.25) is 5.89 Å². The zero-order valence-corrected chi connectivity index (χ0v) is 17.8. The van der Waals surface area contributed by atoms with E-state index in [4.69, 9.17) is 9.15 Å². The van der Waals surface area contributed by atoms with Crippen LogP contribution in [-0.2, 0) is 12.1 Å². The Bertz CT molecular complexity index is 935. The van der Waals surface area contributed by atoms with Crippen LogP contribution in [0.15, 0.2) is 71.3 Å². The molecule has 0 bridgehead atoms. The lowest BCUT2D eigenvalue weighted by atomic mass is 9.69. The molecule has 0 spiro atoms. The summed E-state index contributed by atoms with van der Waals surface area (Å²) in [4.78, 5) is 4.52. The number of oxazole rings is 1. The van der Waals surface area contributed by atoms with Gasteiger partial charge in [0.05, 0.1) is 20.3 Å². The molecule has 1 atom stereocenters. The van der Waals surface area contributed by atoms with E-state index in [0.717, 1.165) is 42.9 Å². The van der Waals surface area contributed by atoms with E-state index in [9.17, 15) is 5.11 Å². The molecule has 1 heterocycles. The summed E-state index contributed by atoms with van der Waals surface area (Å²) in [6.45, 7) is 2.13. The minimum absolute atomic E-state index is 0.146. The third-order valence-corrected chi connectivity index (χ3v) is 6.08. The van der Waals surface area contributed by atoms with E-state index in [2.05, 4.69) is 19.1 Å². The van der Waals surface area contributed by atoms with Crippen molar-refractivity contribution in [1.82, 2.24) is 4.98 Å². The zero-order chi connectivity index (χ0) is 21.0. The maximum atomic E-state index is 11.7. The molecule has 30 heavy (non-hydrogen) atoms. The average Bonchev–Trinajstić information content (AvgIpc) is 3.16. The molecule has 158 valence electrons. The van der Waals surface area contributed by atoms with Gasteiger partial charge in [0, 0.05) is 5.92 Å². The Morgan fingerprint density at radius 3 is 2.37 bits per heavy atom. The van der Waals surface area contributed by atoms with E-state index in [-0.39, 0.29) is 5.92 Å². The van der Waals surface area contributed by atoms with Crippen molar-refractivity contribution in [2.75, 3.05) is 27.2 Å². The molecule has 0 amide bonds. The Morgan fingerprint density at radius 2 is 1.73 bits per heavy atom. The first-order chi connectivity index (χ1) is 14.5. The second-order valence-corrected chi connectivity index (χ2v) is 8.87. The van der Waals surface area contributed by atoms with Crippen LogP contribution in [-0.4, -0.2) is 41.8 Å². The minimum atomic E-state index is -1.16. The van der Waals surface area contributed by atoms with E-state index >= 15 is 0 Å². The molecule has 0 saturated heterocycles. The van der Waals surface area contributed by atoms with Crippen molar-refractivity contribution in [2.45, 2.75) is 31.4 Å². The van der Waals surface area contributed by atoms with Crippen molar-refractivity contribution in [1.29, 1.82) is 0 Å². The van der Waals surface area contributed by atoms with E-state index < -0.39 is 5.60 Å². The molecule has 2 aromatic carbocycles. The predicted octanol–water partition coefficient (Wildman–Crippen LogP) is 4.37. The quantitative estimate of drug-likeness (QED) is 0.535. The van der Waals surface area contributed by atoms with Gasteiger partial charge in [0.1, 0.15) is 25.4 Å². The van der Waals surface area contributed by atoms with Crippen molar-refractivity contribution < 1.29 is 18.7 Å². The molecule has 1 fully saturated rings. The van der Waals surface area contributed by atoms with Crippen LogP contribution < -0.4 is 4.74 Å². The highest BCUT2D eigenvalue weighted by atomic mass is 16.5. The summed E-state index contributed by atoms with van der Waals surface area (Å²) in [6.07, 6.45) is 4.88. The highest BCUT2D eigenvalue weighted by molar-refractivity contribution is 5.30. The normalized spacial score (nSPS) is 16.6. The van der Waals surface area contributed by atoms with Gasteiger partial charge in [-0.2, -0.15) is 0 Å². The monoisotopic (exact) mass is 407 g/mol. The Labute approximate surface area is 178 Å². The summed E-state index contributed by atoms with van der Waals surface area (Å²) in [5.74, 6) is 2.22. The predicted molar refractivity (Wildman–Crippen MR) is 116 cm³/mol. The van der Waals surface area contributed by atoms with Crippen molar-refractivity contribution in [3.8, 4) is 5.75 Å². The van der Waals surface area contributed by atoms with Crippen LogP contribution in [0.3, 0.4) is 0 Å². The number of hydrogen-bond donors (Lipinski definition) is 1. The van der Waals surface area contributed by atoms with Crippen LogP contribution in [0.5, 0.6) is 5.75 Å². The lowest BCUT2D eigenvalue weighted by Gasteiger charge is -2.39. The number of hydrogen-bond acceptors (Lipinski definition) is 4. The highest BCUT2D eigenvalue weighted by Gasteiger charge is 2.47.